The fraction of sp³-hybridized carbons (Fsp3) is 0.364. The normalized spacial score (nSPS) is 27.1. The Morgan fingerprint density at radius 1 is 1.33 bits per heavy atom. The van der Waals surface area contributed by atoms with Crippen LogP contribution in [0.1, 0.15) is 17.5 Å². The van der Waals surface area contributed by atoms with Gasteiger partial charge in [-0.15, -0.1) is 0 Å². The van der Waals surface area contributed by atoms with Crippen molar-refractivity contribution in [3.8, 4) is 6.07 Å². The summed E-state index contributed by atoms with van der Waals surface area (Å²) in [7, 11) is 0. The fourth-order valence-corrected chi connectivity index (χ4v) is 1.85. The molecule has 2 N–H and O–H groups in total. The molecule has 1 saturated carbocycles. The van der Waals surface area contributed by atoms with E-state index in [0.717, 1.165) is 0 Å². The lowest BCUT2D eigenvalue weighted by molar-refractivity contribution is 0.0896. The minimum atomic E-state index is -2.70. The second kappa shape index (κ2) is 3.01. The van der Waals surface area contributed by atoms with E-state index in [1.54, 1.807) is 24.3 Å². The van der Waals surface area contributed by atoms with E-state index in [4.69, 9.17) is 11.0 Å². The fourth-order valence-electron chi connectivity index (χ4n) is 1.85. The first-order valence-electron chi connectivity index (χ1n) is 4.64. The highest BCUT2D eigenvalue weighted by Gasteiger charge is 2.70. The molecule has 1 aromatic rings. The molecule has 0 radical (unpaired) electrons. The largest absolute Gasteiger partial charge is 0.329 e. The second-order valence-electron chi connectivity index (χ2n) is 3.86. The molecule has 1 aromatic carbocycles. The standard InChI is InChI=1S/C11H10F2N2/c12-11(13)6-10(11,7-15)9-3-1-8(5-14)2-4-9/h1-4H,6-7,15H2. The first-order chi connectivity index (χ1) is 7.05. The average molecular weight is 208 g/mol. The van der Waals surface area contributed by atoms with Crippen LogP contribution in [0.3, 0.4) is 0 Å². The SMILES string of the molecule is N#Cc1ccc(C2(CN)CC2(F)F)cc1. The number of alkyl halides is 2. The van der Waals surface area contributed by atoms with E-state index in [0.29, 0.717) is 11.1 Å². The molecule has 1 aliphatic rings. The maximum atomic E-state index is 13.2. The zero-order chi connectivity index (χ0) is 11.1. The van der Waals surface area contributed by atoms with Crippen LogP contribution < -0.4 is 5.73 Å². The summed E-state index contributed by atoms with van der Waals surface area (Å²) in [5.41, 5.74) is 5.20. The number of nitrogens with two attached hydrogens (primary N) is 1. The van der Waals surface area contributed by atoms with Gasteiger partial charge in [0.25, 0.3) is 5.92 Å². The van der Waals surface area contributed by atoms with Crippen LogP contribution in [0, 0.1) is 11.3 Å². The molecule has 0 amide bonds. The van der Waals surface area contributed by atoms with E-state index in [9.17, 15) is 8.78 Å². The molecule has 78 valence electrons. The number of nitriles is 1. The Hall–Kier alpha value is -1.47. The Kier molecular flexibility index (Phi) is 2.02. The second-order valence-corrected chi connectivity index (χ2v) is 3.86. The maximum Gasteiger partial charge on any atom is 0.260 e. The van der Waals surface area contributed by atoms with Crippen molar-refractivity contribution in [1.82, 2.24) is 0 Å². The van der Waals surface area contributed by atoms with Crippen LogP contribution in [-0.2, 0) is 5.41 Å². The van der Waals surface area contributed by atoms with Crippen LogP contribution in [-0.4, -0.2) is 12.5 Å². The number of hydrogen-bond acceptors (Lipinski definition) is 2. The van der Waals surface area contributed by atoms with Gasteiger partial charge < -0.3 is 5.73 Å². The summed E-state index contributed by atoms with van der Waals surface area (Å²) in [5.74, 6) is -2.70. The minimum Gasteiger partial charge on any atom is -0.329 e. The predicted molar refractivity (Wildman–Crippen MR) is 51.5 cm³/mol. The molecule has 1 fully saturated rings. The lowest BCUT2D eigenvalue weighted by Crippen LogP contribution is -2.26. The van der Waals surface area contributed by atoms with Crippen LogP contribution in [0.25, 0.3) is 0 Å². The van der Waals surface area contributed by atoms with Crippen LogP contribution in [0.4, 0.5) is 8.78 Å². The molecular formula is C11H10F2N2. The van der Waals surface area contributed by atoms with Gasteiger partial charge in [-0.05, 0) is 17.7 Å². The molecule has 1 atom stereocenters. The van der Waals surface area contributed by atoms with Crippen molar-refractivity contribution in [3.05, 3.63) is 35.4 Å². The van der Waals surface area contributed by atoms with E-state index >= 15 is 0 Å². The number of benzene rings is 1. The molecule has 2 rings (SSSR count). The predicted octanol–water partition coefficient (Wildman–Crippen LogP) is 1.79. The van der Waals surface area contributed by atoms with Crippen molar-refractivity contribution in [2.45, 2.75) is 17.8 Å². The van der Waals surface area contributed by atoms with Crippen LogP contribution in [0.2, 0.25) is 0 Å². The molecule has 15 heavy (non-hydrogen) atoms. The Morgan fingerprint density at radius 3 is 2.20 bits per heavy atom. The Morgan fingerprint density at radius 2 is 1.87 bits per heavy atom. The zero-order valence-corrected chi connectivity index (χ0v) is 8.00. The van der Waals surface area contributed by atoms with E-state index in [1.807, 2.05) is 6.07 Å². The van der Waals surface area contributed by atoms with E-state index < -0.39 is 11.3 Å². The summed E-state index contributed by atoms with van der Waals surface area (Å²) in [4.78, 5) is 0. The van der Waals surface area contributed by atoms with Crippen LogP contribution >= 0.6 is 0 Å². The molecule has 0 aromatic heterocycles. The molecule has 0 bridgehead atoms. The topological polar surface area (TPSA) is 49.8 Å². The van der Waals surface area contributed by atoms with Gasteiger partial charge in [-0.25, -0.2) is 8.78 Å². The number of hydrogen-bond donors (Lipinski definition) is 1. The van der Waals surface area contributed by atoms with E-state index in [1.165, 1.54) is 0 Å². The van der Waals surface area contributed by atoms with E-state index in [-0.39, 0.29) is 13.0 Å². The molecule has 0 heterocycles. The maximum absolute atomic E-state index is 13.2. The molecule has 1 unspecified atom stereocenters. The zero-order valence-electron chi connectivity index (χ0n) is 8.00. The smallest absolute Gasteiger partial charge is 0.260 e. The van der Waals surface area contributed by atoms with Crippen molar-refractivity contribution in [3.63, 3.8) is 0 Å². The molecule has 2 nitrogen and oxygen atoms in total. The lowest BCUT2D eigenvalue weighted by Gasteiger charge is -2.13. The van der Waals surface area contributed by atoms with Gasteiger partial charge in [0.2, 0.25) is 0 Å². The van der Waals surface area contributed by atoms with Gasteiger partial charge >= 0.3 is 0 Å². The molecule has 0 spiro atoms. The average Bonchev–Trinajstić information content (AvgIpc) is 2.82. The third-order valence-electron chi connectivity index (χ3n) is 3.01. The first kappa shape index (κ1) is 10.1. The molecule has 4 heteroatoms. The Labute approximate surface area is 86.3 Å². The Bertz CT molecular complexity index is 419. The summed E-state index contributed by atoms with van der Waals surface area (Å²) >= 11 is 0. The van der Waals surface area contributed by atoms with Gasteiger partial charge in [-0.1, -0.05) is 12.1 Å². The van der Waals surface area contributed by atoms with Gasteiger partial charge in [-0.3, -0.25) is 0 Å². The van der Waals surface area contributed by atoms with Crippen molar-refractivity contribution < 1.29 is 8.78 Å². The Balaban J connectivity index is 2.35. The highest BCUT2D eigenvalue weighted by Crippen LogP contribution is 2.60. The van der Waals surface area contributed by atoms with Crippen molar-refractivity contribution in [2.75, 3.05) is 6.54 Å². The first-order valence-corrected chi connectivity index (χ1v) is 4.64. The van der Waals surface area contributed by atoms with Gasteiger partial charge in [-0.2, -0.15) is 5.26 Å². The highest BCUT2D eigenvalue weighted by molar-refractivity contribution is 5.42. The highest BCUT2D eigenvalue weighted by atomic mass is 19.3. The molecule has 1 aliphatic carbocycles. The van der Waals surface area contributed by atoms with Gasteiger partial charge in [0.15, 0.2) is 0 Å². The van der Waals surface area contributed by atoms with Crippen molar-refractivity contribution >= 4 is 0 Å². The van der Waals surface area contributed by atoms with Crippen molar-refractivity contribution in [2.24, 2.45) is 5.73 Å². The summed E-state index contributed by atoms with van der Waals surface area (Å²) in [6.45, 7) is -0.0636. The monoisotopic (exact) mass is 208 g/mol. The number of nitrogens with zero attached hydrogens (tertiary/aromatic N) is 1. The summed E-state index contributed by atoms with van der Waals surface area (Å²) in [5, 5.41) is 8.58. The molecule has 0 aliphatic heterocycles. The summed E-state index contributed by atoms with van der Waals surface area (Å²) < 4.78 is 26.4. The number of rotatable bonds is 2. The van der Waals surface area contributed by atoms with E-state index in [2.05, 4.69) is 0 Å². The summed E-state index contributed by atoms with van der Waals surface area (Å²) in [6.07, 6.45) is -0.192. The molecular weight excluding hydrogens is 198 g/mol. The minimum absolute atomic E-state index is 0.0636. The quantitative estimate of drug-likeness (QED) is 0.805. The number of halogens is 2. The third kappa shape index (κ3) is 1.31. The van der Waals surface area contributed by atoms with Gasteiger partial charge in [0.1, 0.15) is 0 Å². The van der Waals surface area contributed by atoms with Crippen LogP contribution in [0.15, 0.2) is 24.3 Å². The van der Waals surface area contributed by atoms with Gasteiger partial charge in [0, 0.05) is 13.0 Å². The van der Waals surface area contributed by atoms with Crippen LogP contribution in [0.5, 0.6) is 0 Å². The van der Waals surface area contributed by atoms with Gasteiger partial charge in [0.05, 0.1) is 17.0 Å². The molecule has 0 saturated heterocycles. The summed E-state index contributed by atoms with van der Waals surface area (Å²) in [6, 6.07) is 8.16. The van der Waals surface area contributed by atoms with Crippen molar-refractivity contribution in [1.29, 1.82) is 5.26 Å². The third-order valence-corrected chi connectivity index (χ3v) is 3.01. The lowest BCUT2D eigenvalue weighted by atomic mass is 9.94.